The van der Waals surface area contributed by atoms with Crippen LogP contribution in [0.4, 0.5) is 43.9 Å². The minimum absolute atomic E-state index is 0.370. The molecule has 0 aromatic rings. The van der Waals surface area contributed by atoms with E-state index in [1.54, 1.807) is 0 Å². The molecule has 0 aliphatic rings. The average molecular weight is 338 g/mol. The van der Waals surface area contributed by atoms with Crippen LogP contribution < -0.4 is 0 Å². The lowest BCUT2D eigenvalue weighted by Gasteiger charge is -2.39. The molecule has 1 nitrogen and oxygen atoms in total. The van der Waals surface area contributed by atoms with Crippen LogP contribution in [-0.2, 0) is 4.74 Å². The van der Waals surface area contributed by atoms with Gasteiger partial charge < -0.3 is 0 Å². The van der Waals surface area contributed by atoms with Gasteiger partial charge in [-0.05, 0) is 13.8 Å². The van der Waals surface area contributed by atoms with E-state index in [1.165, 1.54) is 0 Å². The second kappa shape index (κ2) is 4.88. The van der Waals surface area contributed by atoms with E-state index in [2.05, 4.69) is 4.74 Å². The molecule has 0 aromatic carbocycles. The zero-order valence-corrected chi connectivity index (χ0v) is 11.2. The van der Waals surface area contributed by atoms with Crippen LogP contribution in [0.3, 0.4) is 0 Å². The number of halogens is 10. The van der Waals surface area contributed by atoms with Gasteiger partial charge >= 0.3 is 12.2 Å². The van der Waals surface area contributed by atoms with E-state index < -0.39 is 49.2 Å². The molecule has 0 heterocycles. The Morgan fingerprint density at radius 1 is 0.476 bits per heavy atom. The number of hydrogen-bond donors (Lipinski definition) is 0. The summed E-state index contributed by atoms with van der Waals surface area (Å²) in [7, 11) is 0. The first kappa shape index (κ1) is 20.3. The Kier molecular flexibility index (Phi) is 4.71. The fourth-order valence-electron chi connectivity index (χ4n) is 0.864. The molecule has 11 heteroatoms. The van der Waals surface area contributed by atoms with Crippen LogP contribution in [0.15, 0.2) is 0 Å². The molecule has 21 heavy (non-hydrogen) atoms. The van der Waals surface area contributed by atoms with Crippen LogP contribution in [0.5, 0.6) is 0 Å². The quantitative estimate of drug-likeness (QED) is 0.622. The van der Waals surface area contributed by atoms with Gasteiger partial charge in [0.2, 0.25) is 0 Å². The molecule has 0 radical (unpaired) electrons. The van der Waals surface area contributed by atoms with Crippen molar-refractivity contribution < 1.29 is 48.6 Å². The zero-order chi connectivity index (χ0) is 17.7. The Morgan fingerprint density at radius 2 is 0.667 bits per heavy atom. The number of alkyl halides is 10. The van der Waals surface area contributed by atoms with Gasteiger partial charge in [-0.1, -0.05) is 0 Å². The summed E-state index contributed by atoms with van der Waals surface area (Å²) in [5.74, 6) is -9.76. The van der Waals surface area contributed by atoms with Crippen LogP contribution in [0.1, 0.15) is 27.7 Å². The van der Waals surface area contributed by atoms with Gasteiger partial charge in [0.05, 0.1) is 0 Å². The Morgan fingerprint density at radius 3 is 0.810 bits per heavy atom. The minimum atomic E-state index is -5.95. The highest BCUT2D eigenvalue weighted by molar-refractivity contribution is 4.99. The monoisotopic (exact) mass is 338 g/mol. The summed E-state index contributed by atoms with van der Waals surface area (Å²) in [5.41, 5.74) is -9.99. The van der Waals surface area contributed by atoms with Crippen molar-refractivity contribution in [3.63, 3.8) is 0 Å². The molecule has 0 aliphatic heterocycles. The van der Waals surface area contributed by atoms with Gasteiger partial charge in [0, 0.05) is 13.8 Å². The molecule has 0 saturated heterocycles. The lowest BCUT2D eigenvalue weighted by molar-refractivity contribution is -0.461. The third-order valence-electron chi connectivity index (χ3n) is 3.00. The average Bonchev–Trinajstić information content (AvgIpc) is 2.11. The SMILES string of the molecule is CC(F)(F)C(C)(F)C(F)(F)OC(F)(F)C(C)(F)C(C)(F)F. The molecule has 2 unspecified atom stereocenters. The maximum Gasteiger partial charge on any atom is 0.400 e. The Hall–Kier alpha value is -0.740. The van der Waals surface area contributed by atoms with Crippen LogP contribution >= 0.6 is 0 Å². The largest absolute Gasteiger partial charge is 0.400 e. The molecule has 0 amide bonds. The van der Waals surface area contributed by atoms with Gasteiger partial charge in [0.25, 0.3) is 23.2 Å². The van der Waals surface area contributed by atoms with Gasteiger partial charge in [-0.2, -0.15) is 17.6 Å². The summed E-state index contributed by atoms with van der Waals surface area (Å²) in [4.78, 5) is 0. The summed E-state index contributed by atoms with van der Waals surface area (Å²) in [6.07, 6.45) is -11.9. The highest BCUT2D eigenvalue weighted by Gasteiger charge is 2.74. The van der Waals surface area contributed by atoms with Crippen molar-refractivity contribution in [2.75, 3.05) is 0 Å². The highest BCUT2D eigenvalue weighted by Crippen LogP contribution is 2.51. The molecule has 0 aliphatic carbocycles. The standard InChI is InChI=1S/C10H12F10O/c1-5(11,7(3,13)14)9(17,18)21-10(19,20)6(2,12)8(4,15)16/h1-4H3. The topological polar surface area (TPSA) is 9.23 Å². The second-order valence-corrected chi connectivity index (χ2v) is 4.92. The number of rotatable bonds is 6. The van der Waals surface area contributed by atoms with E-state index in [9.17, 15) is 43.9 Å². The normalized spacial score (nSPS) is 20.9. The number of hydrogen-bond acceptors (Lipinski definition) is 1. The van der Waals surface area contributed by atoms with E-state index in [1.807, 2.05) is 0 Å². The molecular weight excluding hydrogens is 326 g/mol. The fraction of sp³-hybridized carbons (Fsp3) is 1.00. The van der Waals surface area contributed by atoms with Crippen molar-refractivity contribution in [3.8, 4) is 0 Å². The van der Waals surface area contributed by atoms with Crippen molar-refractivity contribution in [3.05, 3.63) is 0 Å². The van der Waals surface area contributed by atoms with Crippen LogP contribution in [0.2, 0.25) is 0 Å². The first-order chi connectivity index (χ1) is 8.71. The highest BCUT2D eigenvalue weighted by atomic mass is 19.3. The lowest BCUT2D eigenvalue weighted by Crippen LogP contribution is -2.62. The molecule has 0 bridgehead atoms. The minimum Gasteiger partial charge on any atom is -0.250 e. The molecule has 128 valence electrons. The van der Waals surface area contributed by atoms with E-state index in [0.29, 0.717) is 0 Å². The van der Waals surface area contributed by atoms with E-state index in [-0.39, 0.29) is 13.8 Å². The van der Waals surface area contributed by atoms with E-state index in [0.717, 1.165) is 0 Å². The first-order valence-electron chi connectivity index (χ1n) is 5.30. The molecule has 0 N–H and O–H groups in total. The zero-order valence-electron chi connectivity index (χ0n) is 11.2. The van der Waals surface area contributed by atoms with Crippen molar-refractivity contribution >= 4 is 0 Å². The maximum atomic E-state index is 13.3. The molecule has 0 aromatic heterocycles. The summed E-state index contributed by atoms with van der Waals surface area (Å²) in [5, 5.41) is 0. The predicted molar refractivity (Wildman–Crippen MR) is 51.2 cm³/mol. The van der Waals surface area contributed by atoms with Crippen LogP contribution in [-0.4, -0.2) is 35.4 Å². The van der Waals surface area contributed by atoms with Gasteiger partial charge in [-0.25, -0.2) is 31.1 Å². The third kappa shape index (κ3) is 3.37. The molecule has 2 atom stereocenters. The molecular formula is C10H12F10O. The smallest absolute Gasteiger partial charge is 0.250 e. The predicted octanol–water partition coefficient (Wildman–Crippen LogP) is 4.96. The van der Waals surface area contributed by atoms with Crippen LogP contribution in [0.25, 0.3) is 0 Å². The van der Waals surface area contributed by atoms with Crippen LogP contribution in [0, 0.1) is 0 Å². The number of ether oxygens (including phenoxy) is 1. The van der Waals surface area contributed by atoms with Crippen molar-refractivity contribution in [1.29, 1.82) is 0 Å². The Balaban J connectivity index is 5.65. The lowest BCUT2D eigenvalue weighted by atomic mass is 9.98. The van der Waals surface area contributed by atoms with Gasteiger partial charge in [-0.15, -0.1) is 0 Å². The van der Waals surface area contributed by atoms with Gasteiger partial charge in [0.1, 0.15) is 0 Å². The van der Waals surface area contributed by atoms with E-state index in [4.69, 9.17) is 0 Å². The summed E-state index contributed by atoms with van der Waals surface area (Å²) < 4.78 is 132. The summed E-state index contributed by atoms with van der Waals surface area (Å²) >= 11 is 0. The second-order valence-electron chi connectivity index (χ2n) is 4.92. The first-order valence-corrected chi connectivity index (χ1v) is 5.30. The van der Waals surface area contributed by atoms with E-state index >= 15 is 0 Å². The molecule has 0 spiro atoms. The molecule has 0 rings (SSSR count). The van der Waals surface area contributed by atoms with Gasteiger partial charge in [-0.3, -0.25) is 0 Å². The molecule has 0 fully saturated rings. The van der Waals surface area contributed by atoms with Crippen molar-refractivity contribution in [2.45, 2.75) is 63.1 Å². The third-order valence-corrected chi connectivity index (χ3v) is 3.00. The van der Waals surface area contributed by atoms with Crippen molar-refractivity contribution in [2.24, 2.45) is 0 Å². The summed E-state index contributed by atoms with van der Waals surface area (Å²) in [6, 6.07) is 0. The maximum absolute atomic E-state index is 13.3. The molecule has 0 saturated carbocycles. The Labute approximate surface area is 113 Å². The van der Waals surface area contributed by atoms with Gasteiger partial charge in [0.15, 0.2) is 0 Å². The summed E-state index contributed by atoms with van der Waals surface area (Å²) in [6.45, 7) is -1.71. The Bertz CT molecular complexity index is 340. The fourth-order valence-corrected chi connectivity index (χ4v) is 0.864. The van der Waals surface area contributed by atoms with Crippen molar-refractivity contribution in [1.82, 2.24) is 0 Å².